The lowest BCUT2D eigenvalue weighted by Gasteiger charge is -2.31. The Morgan fingerprint density at radius 3 is 2.75 bits per heavy atom. The minimum Gasteiger partial charge on any atom is -0.368 e. The number of benzene rings is 1. The van der Waals surface area contributed by atoms with Crippen molar-refractivity contribution in [2.45, 2.75) is 25.3 Å². The van der Waals surface area contributed by atoms with Crippen molar-refractivity contribution in [1.82, 2.24) is 10.3 Å². The Labute approximate surface area is 164 Å². The Morgan fingerprint density at radius 1 is 1.25 bits per heavy atom. The lowest BCUT2D eigenvalue weighted by Crippen LogP contribution is -2.37. The van der Waals surface area contributed by atoms with Crippen molar-refractivity contribution in [3.8, 4) is 0 Å². The van der Waals surface area contributed by atoms with E-state index < -0.39 is 11.9 Å². The van der Waals surface area contributed by atoms with E-state index in [1.54, 1.807) is 24.5 Å². The number of nitrogens with one attached hydrogen (secondary N) is 1. The molecule has 0 aliphatic carbocycles. The molecule has 2 heterocycles. The minimum atomic E-state index is -0.719. The van der Waals surface area contributed by atoms with E-state index in [1.807, 2.05) is 24.4 Å². The quantitative estimate of drug-likeness (QED) is 0.702. The zero-order chi connectivity index (χ0) is 19.8. The van der Waals surface area contributed by atoms with Gasteiger partial charge >= 0.3 is 0 Å². The van der Waals surface area contributed by atoms with Crippen molar-refractivity contribution in [2.24, 2.45) is 16.1 Å². The summed E-state index contributed by atoms with van der Waals surface area (Å²) in [5.41, 5.74) is 7.22. The number of dihydropyridines is 1. The Hall–Kier alpha value is -2.86. The molecular formula is C22H25FN4O. The summed E-state index contributed by atoms with van der Waals surface area (Å²) < 4.78 is 13.5. The summed E-state index contributed by atoms with van der Waals surface area (Å²) in [7, 11) is 0. The predicted molar refractivity (Wildman–Crippen MR) is 108 cm³/mol. The minimum absolute atomic E-state index is 0.0881. The smallest absolute Gasteiger partial charge is 0.239 e. The van der Waals surface area contributed by atoms with E-state index >= 15 is 0 Å². The van der Waals surface area contributed by atoms with Gasteiger partial charge in [0.1, 0.15) is 11.9 Å². The summed E-state index contributed by atoms with van der Waals surface area (Å²) >= 11 is 0. The SMILES string of the molecule is NC(=O)C(NCCC1(CCc2ccncc2)C=CC=NC1)c1cccc(F)c1. The molecular weight excluding hydrogens is 355 g/mol. The van der Waals surface area contributed by atoms with Crippen LogP contribution < -0.4 is 11.1 Å². The molecule has 2 atom stereocenters. The number of aryl methyl sites for hydroxylation is 1. The number of hydrogen-bond acceptors (Lipinski definition) is 4. The van der Waals surface area contributed by atoms with Gasteiger partial charge < -0.3 is 11.1 Å². The molecule has 146 valence electrons. The van der Waals surface area contributed by atoms with Gasteiger partial charge in [-0.05, 0) is 67.3 Å². The predicted octanol–water partition coefficient (Wildman–Crippen LogP) is 2.99. The molecule has 0 bridgehead atoms. The second-order valence-corrected chi connectivity index (χ2v) is 7.16. The second kappa shape index (κ2) is 9.37. The van der Waals surface area contributed by atoms with Crippen LogP contribution in [0.15, 0.2) is 65.9 Å². The highest BCUT2D eigenvalue weighted by atomic mass is 19.1. The molecule has 1 aliphatic heterocycles. The molecule has 3 N–H and O–H groups in total. The van der Waals surface area contributed by atoms with Gasteiger partial charge in [0.25, 0.3) is 0 Å². The third-order valence-corrected chi connectivity index (χ3v) is 5.15. The highest BCUT2D eigenvalue weighted by molar-refractivity contribution is 5.81. The normalized spacial score (nSPS) is 19.5. The first kappa shape index (κ1) is 19.9. The topological polar surface area (TPSA) is 80.4 Å². The van der Waals surface area contributed by atoms with Gasteiger partial charge in [-0.15, -0.1) is 0 Å². The number of hydrogen-bond donors (Lipinski definition) is 2. The van der Waals surface area contributed by atoms with Crippen LogP contribution >= 0.6 is 0 Å². The van der Waals surface area contributed by atoms with Crippen LogP contribution in [-0.2, 0) is 11.2 Å². The number of nitrogens with two attached hydrogens (primary N) is 1. The van der Waals surface area contributed by atoms with E-state index in [2.05, 4.69) is 21.4 Å². The largest absolute Gasteiger partial charge is 0.368 e. The zero-order valence-electron chi connectivity index (χ0n) is 15.7. The van der Waals surface area contributed by atoms with Crippen molar-refractivity contribution in [2.75, 3.05) is 13.1 Å². The molecule has 2 aromatic rings. The third kappa shape index (κ3) is 5.33. The average molecular weight is 380 g/mol. The number of carbonyl (C=O) groups is 1. The van der Waals surface area contributed by atoms with Gasteiger partial charge in [0.05, 0.1) is 0 Å². The first-order valence-corrected chi connectivity index (χ1v) is 9.43. The van der Waals surface area contributed by atoms with Crippen molar-refractivity contribution in [3.05, 3.63) is 77.9 Å². The molecule has 1 aromatic heterocycles. The fourth-order valence-corrected chi connectivity index (χ4v) is 3.52. The summed E-state index contributed by atoms with van der Waals surface area (Å²) in [5, 5.41) is 3.20. The van der Waals surface area contributed by atoms with Crippen molar-refractivity contribution in [1.29, 1.82) is 0 Å². The van der Waals surface area contributed by atoms with Gasteiger partial charge in [-0.2, -0.15) is 0 Å². The molecule has 2 unspecified atom stereocenters. The molecule has 3 rings (SSSR count). The number of carbonyl (C=O) groups excluding carboxylic acids is 1. The van der Waals surface area contributed by atoms with E-state index in [9.17, 15) is 9.18 Å². The van der Waals surface area contributed by atoms with Crippen LogP contribution in [0.1, 0.15) is 30.0 Å². The molecule has 28 heavy (non-hydrogen) atoms. The molecule has 0 fully saturated rings. The number of halogens is 1. The maximum Gasteiger partial charge on any atom is 0.239 e. The summed E-state index contributed by atoms with van der Waals surface area (Å²) in [6, 6.07) is 9.30. The number of pyridine rings is 1. The van der Waals surface area contributed by atoms with E-state index in [1.165, 1.54) is 17.7 Å². The van der Waals surface area contributed by atoms with Gasteiger partial charge in [-0.25, -0.2) is 4.39 Å². The third-order valence-electron chi connectivity index (χ3n) is 5.15. The van der Waals surface area contributed by atoms with Crippen LogP contribution in [0.25, 0.3) is 0 Å². The number of aromatic nitrogens is 1. The molecule has 1 aliphatic rings. The summed E-state index contributed by atoms with van der Waals surface area (Å²) in [4.78, 5) is 20.4. The van der Waals surface area contributed by atoms with Crippen LogP contribution in [0.4, 0.5) is 4.39 Å². The molecule has 0 radical (unpaired) electrons. The van der Waals surface area contributed by atoms with Crippen LogP contribution in [0.2, 0.25) is 0 Å². The van der Waals surface area contributed by atoms with E-state index in [-0.39, 0.29) is 11.2 Å². The van der Waals surface area contributed by atoms with Gasteiger partial charge in [-0.1, -0.05) is 18.2 Å². The number of allylic oxidation sites excluding steroid dienone is 1. The molecule has 5 nitrogen and oxygen atoms in total. The van der Waals surface area contributed by atoms with E-state index in [0.717, 1.165) is 19.3 Å². The molecule has 1 aromatic carbocycles. The number of aliphatic imine (C=N–C) groups is 1. The lowest BCUT2D eigenvalue weighted by atomic mass is 9.78. The van der Waals surface area contributed by atoms with Crippen LogP contribution in [0.5, 0.6) is 0 Å². The molecule has 6 heteroatoms. The molecule has 0 saturated carbocycles. The van der Waals surface area contributed by atoms with Crippen molar-refractivity contribution < 1.29 is 9.18 Å². The van der Waals surface area contributed by atoms with Crippen LogP contribution in [0, 0.1) is 11.2 Å². The Balaban J connectivity index is 1.63. The fraction of sp³-hybridized carbons (Fsp3) is 0.318. The summed E-state index contributed by atoms with van der Waals surface area (Å²) in [5.74, 6) is -0.905. The monoisotopic (exact) mass is 380 g/mol. The van der Waals surface area contributed by atoms with Crippen LogP contribution in [0.3, 0.4) is 0 Å². The van der Waals surface area contributed by atoms with E-state index in [0.29, 0.717) is 18.7 Å². The molecule has 1 amide bonds. The number of rotatable bonds is 9. The van der Waals surface area contributed by atoms with Crippen molar-refractivity contribution in [3.63, 3.8) is 0 Å². The first-order chi connectivity index (χ1) is 13.6. The highest BCUT2D eigenvalue weighted by Crippen LogP contribution is 2.32. The maximum atomic E-state index is 13.5. The fourth-order valence-electron chi connectivity index (χ4n) is 3.52. The van der Waals surface area contributed by atoms with Gasteiger partial charge in [0.2, 0.25) is 5.91 Å². The Kier molecular flexibility index (Phi) is 6.66. The molecule has 0 saturated heterocycles. The number of nitrogens with zero attached hydrogens (tertiary/aromatic N) is 2. The maximum absolute atomic E-state index is 13.5. The first-order valence-electron chi connectivity index (χ1n) is 9.43. The second-order valence-electron chi connectivity index (χ2n) is 7.16. The van der Waals surface area contributed by atoms with Crippen LogP contribution in [-0.4, -0.2) is 30.2 Å². The Morgan fingerprint density at radius 2 is 2.07 bits per heavy atom. The standard InChI is InChI=1S/C22H25FN4O/c23-19-4-1-3-18(15-19)20(21(24)28)27-14-10-22(8-2-11-26-16-22)9-5-17-6-12-25-13-7-17/h1-4,6-8,11-13,15,20,27H,5,9-10,14,16H2,(H2,24,28). The Bertz CT molecular complexity index is 853. The lowest BCUT2D eigenvalue weighted by molar-refractivity contribution is -0.120. The highest BCUT2D eigenvalue weighted by Gasteiger charge is 2.28. The summed E-state index contributed by atoms with van der Waals surface area (Å²) in [6.45, 7) is 1.28. The van der Waals surface area contributed by atoms with E-state index in [4.69, 9.17) is 5.73 Å². The van der Waals surface area contributed by atoms with Gasteiger partial charge in [-0.3, -0.25) is 14.8 Å². The average Bonchev–Trinajstić information content (AvgIpc) is 2.71. The van der Waals surface area contributed by atoms with Crippen molar-refractivity contribution >= 4 is 12.1 Å². The number of primary amides is 1. The van der Waals surface area contributed by atoms with Gasteiger partial charge in [0, 0.05) is 30.6 Å². The summed E-state index contributed by atoms with van der Waals surface area (Å²) in [6.07, 6.45) is 12.3. The number of amides is 1. The van der Waals surface area contributed by atoms with Gasteiger partial charge in [0.15, 0.2) is 0 Å². The molecule has 0 spiro atoms. The zero-order valence-corrected chi connectivity index (χ0v) is 15.7.